The van der Waals surface area contributed by atoms with E-state index in [9.17, 15) is 4.79 Å². The summed E-state index contributed by atoms with van der Waals surface area (Å²) in [7, 11) is 1.63. The summed E-state index contributed by atoms with van der Waals surface area (Å²) in [6.45, 7) is 6.20. The Hall–Kier alpha value is -3.00. The van der Waals surface area contributed by atoms with Crippen LogP contribution in [0.3, 0.4) is 0 Å². The molecule has 0 bridgehead atoms. The molecule has 0 radical (unpaired) electrons. The van der Waals surface area contributed by atoms with Gasteiger partial charge in [-0.3, -0.25) is 9.36 Å². The van der Waals surface area contributed by atoms with Crippen LogP contribution < -0.4 is 10.1 Å². The molecule has 3 rings (SSSR count). The number of ether oxygens (including phenoxy) is 2. The van der Waals surface area contributed by atoms with Crippen LogP contribution in [-0.2, 0) is 16.1 Å². The van der Waals surface area contributed by atoms with E-state index in [-0.39, 0.29) is 17.8 Å². The quantitative estimate of drug-likeness (QED) is 0.405. The monoisotopic (exact) mass is 426 g/mol. The smallest absolute Gasteiger partial charge is 0.316 e. The molecular formula is C22H26N4O3S. The van der Waals surface area contributed by atoms with Crippen LogP contribution in [0.4, 0.5) is 5.69 Å². The maximum absolute atomic E-state index is 12.0. The zero-order valence-electron chi connectivity index (χ0n) is 17.6. The Kier molecular flexibility index (Phi) is 7.35. The van der Waals surface area contributed by atoms with Gasteiger partial charge in [0.25, 0.3) is 0 Å². The lowest BCUT2D eigenvalue weighted by atomic mass is 10.2. The number of esters is 1. The first-order valence-corrected chi connectivity index (χ1v) is 10.7. The van der Waals surface area contributed by atoms with E-state index in [0.717, 1.165) is 22.9 Å². The predicted octanol–water partition coefficient (Wildman–Crippen LogP) is 4.24. The average molecular weight is 427 g/mol. The van der Waals surface area contributed by atoms with Crippen molar-refractivity contribution in [3.63, 3.8) is 0 Å². The summed E-state index contributed by atoms with van der Waals surface area (Å²) in [6, 6.07) is 15.8. The predicted molar refractivity (Wildman–Crippen MR) is 118 cm³/mol. The number of carbonyl (C=O) groups is 1. The van der Waals surface area contributed by atoms with Gasteiger partial charge >= 0.3 is 5.97 Å². The van der Waals surface area contributed by atoms with E-state index in [1.54, 1.807) is 7.11 Å². The third-order valence-electron chi connectivity index (χ3n) is 4.22. The first kappa shape index (κ1) is 21.7. The Labute approximate surface area is 180 Å². The Morgan fingerprint density at radius 3 is 2.43 bits per heavy atom. The van der Waals surface area contributed by atoms with Crippen molar-refractivity contribution >= 4 is 23.4 Å². The molecule has 1 aromatic heterocycles. The van der Waals surface area contributed by atoms with Crippen molar-refractivity contribution in [1.29, 1.82) is 0 Å². The fraction of sp³-hybridized carbons (Fsp3) is 0.318. The second-order valence-corrected chi connectivity index (χ2v) is 7.92. The van der Waals surface area contributed by atoms with Crippen LogP contribution in [-0.4, -0.2) is 39.7 Å². The highest BCUT2D eigenvalue weighted by molar-refractivity contribution is 7.99. The van der Waals surface area contributed by atoms with Crippen molar-refractivity contribution in [2.24, 2.45) is 0 Å². The largest absolute Gasteiger partial charge is 0.497 e. The molecule has 0 saturated carbocycles. The van der Waals surface area contributed by atoms with Crippen LogP contribution in [0.5, 0.6) is 5.75 Å². The first-order chi connectivity index (χ1) is 14.5. The van der Waals surface area contributed by atoms with Crippen LogP contribution in [0.1, 0.15) is 25.2 Å². The molecule has 7 nitrogen and oxygen atoms in total. The number of nitrogens with zero attached hydrogens (tertiary/aromatic N) is 3. The molecule has 0 atom stereocenters. The third kappa shape index (κ3) is 5.76. The van der Waals surface area contributed by atoms with Gasteiger partial charge in [0, 0.05) is 11.4 Å². The van der Waals surface area contributed by atoms with Crippen molar-refractivity contribution < 1.29 is 14.3 Å². The molecule has 1 heterocycles. The van der Waals surface area contributed by atoms with Gasteiger partial charge < -0.3 is 14.8 Å². The van der Waals surface area contributed by atoms with Gasteiger partial charge in [0.1, 0.15) is 5.75 Å². The summed E-state index contributed by atoms with van der Waals surface area (Å²) in [5, 5.41) is 12.7. The lowest BCUT2D eigenvalue weighted by Crippen LogP contribution is -2.14. The molecule has 1 N–H and O–H groups in total. The molecule has 0 amide bonds. The van der Waals surface area contributed by atoms with Gasteiger partial charge in [-0.1, -0.05) is 29.5 Å². The van der Waals surface area contributed by atoms with E-state index < -0.39 is 0 Å². The minimum atomic E-state index is -0.279. The van der Waals surface area contributed by atoms with Crippen molar-refractivity contribution in [3.8, 4) is 11.4 Å². The van der Waals surface area contributed by atoms with E-state index in [2.05, 4.69) is 34.6 Å². The topological polar surface area (TPSA) is 78.3 Å². The normalized spacial score (nSPS) is 10.8. The number of rotatable bonds is 9. The maximum atomic E-state index is 12.0. The number of hydrogen-bond acceptors (Lipinski definition) is 7. The molecule has 30 heavy (non-hydrogen) atoms. The molecule has 0 spiro atoms. The van der Waals surface area contributed by atoms with E-state index in [4.69, 9.17) is 9.47 Å². The van der Waals surface area contributed by atoms with Gasteiger partial charge in [-0.25, -0.2) is 0 Å². The Bertz CT molecular complexity index is 969. The minimum Gasteiger partial charge on any atom is -0.497 e. The molecule has 0 saturated heterocycles. The highest BCUT2D eigenvalue weighted by atomic mass is 32.2. The molecule has 3 aromatic rings. The zero-order chi connectivity index (χ0) is 21.5. The molecule has 0 fully saturated rings. The summed E-state index contributed by atoms with van der Waals surface area (Å²) in [6.07, 6.45) is -0.146. The van der Waals surface area contributed by atoms with Crippen molar-refractivity contribution in [2.45, 2.75) is 38.6 Å². The van der Waals surface area contributed by atoms with Crippen molar-refractivity contribution in [1.82, 2.24) is 14.8 Å². The second-order valence-electron chi connectivity index (χ2n) is 6.98. The third-order valence-corrected chi connectivity index (χ3v) is 5.12. The van der Waals surface area contributed by atoms with E-state index >= 15 is 0 Å². The molecule has 0 unspecified atom stereocenters. The molecular weight excluding hydrogens is 400 g/mol. The summed E-state index contributed by atoms with van der Waals surface area (Å²) < 4.78 is 12.4. The van der Waals surface area contributed by atoms with Crippen LogP contribution in [0.25, 0.3) is 5.69 Å². The fourth-order valence-corrected chi connectivity index (χ4v) is 3.53. The number of aromatic nitrogens is 3. The van der Waals surface area contributed by atoms with Gasteiger partial charge in [-0.2, -0.15) is 0 Å². The van der Waals surface area contributed by atoms with E-state index in [0.29, 0.717) is 11.7 Å². The number of nitrogens with one attached hydrogen (secondary N) is 1. The van der Waals surface area contributed by atoms with Gasteiger partial charge in [-0.05, 0) is 57.2 Å². The molecule has 8 heteroatoms. The zero-order valence-corrected chi connectivity index (χ0v) is 18.4. The lowest BCUT2D eigenvalue weighted by Gasteiger charge is -2.12. The average Bonchev–Trinajstić information content (AvgIpc) is 3.14. The minimum absolute atomic E-state index is 0.146. The first-order valence-electron chi connectivity index (χ1n) is 9.68. The standard InChI is InChI=1S/C22H26N4O3S/c1-15(2)29-21(27)14-30-22-25-24-20(13-23-17-7-5-16(3)6-8-17)26(22)18-9-11-19(28-4)12-10-18/h5-12,15,23H,13-14H2,1-4H3. The molecule has 0 aliphatic heterocycles. The van der Waals surface area contributed by atoms with Crippen LogP contribution in [0.2, 0.25) is 0 Å². The molecule has 2 aromatic carbocycles. The summed E-state index contributed by atoms with van der Waals surface area (Å²) in [5.41, 5.74) is 3.09. The van der Waals surface area contributed by atoms with Gasteiger partial charge in [0.15, 0.2) is 11.0 Å². The fourth-order valence-electron chi connectivity index (χ4n) is 2.77. The number of carbonyl (C=O) groups excluding carboxylic acids is 1. The number of hydrogen-bond donors (Lipinski definition) is 1. The number of methoxy groups -OCH3 is 1. The number of thioether (sulfide) groups is 1. The van der Waals surface area contributed by atoms with Crippen molar-refractivity contribution in [2.75, 3.05) is 18.2 Å². The van der Waals surface area contributed by atoms with Gasteiger partial charge in [-0.15, -0.1) is 10.2 Å². The van der Waals surface area contributed by atoms with Gasteiger partial charge in [0.2, 0.25) is 0 Å². The van der Waals surface area contributed by atoms with Crippen molar-refractivity contribution in [3.05, 3.63) is 59.9 Å². The summed E-state index contributed by atoms with van der Waals surface area (Å²) >= 11 is 1.30. The summed E-state index contributed by atoms with van der Waals surface area (Å²) in [4.78, 5) is 12.0. The van der Waals surface area contributed by atoms with E-state index in [1.807, 2.05) is 54.8 Å². The number of anilines is 1. The molecule has 0 aliphatic carbocycles. The lowest BCUT2D eigenvalue weighted by molar-refractivity contribution is -0.144. The molecule has 158 valence electrons. The number of aryl methyl sites for hydroxylation is 1. The molecule has 0 aliphatic rings. The second kappa shape index (κ2) is 10.2. The van der Waals surface area contributed by atoms with Gasteiger partial charge in [0.05, 0.1) is 25.5 Å². The van der Waals surface area contributed by atoms with Crippen LogP contribution >= 0.6 is 11.8 Å². The maximum Gasteiger partial charge on any atom is 0.316 e. The summed E-state index contributed by atoms with van der Waals surface area (Å²) in [5.74, 6) is 1.39. The highest BCUT2D eigenvalue weighted by Gasteiger charge is 2.17. The highest BCUT2D eigenvalue weighted by Crippen LogP contribution is 2.24. The Morgan fingerprint density at radius 2 is 1.80 bits per heavy atom. The Balaban J connectivity index is 1.82. The SMILES string of the molecule is COc1ccc(-n2c(CNc3ccc(C)cc3)nnc2SCC(=O)OC(C)C)cc1. The Morgan fingerprint density at radius 1 is 1.10 bits per heavy atom. The number of benzene rings is 2. The van der Waals surface area contributed by atoms with Crippen LogP contribution in [0.15, 0.2) is 53.7 Å². The van der Waals surface area contributed by atoms with Crippen LogP contribution in [0, 0.1) is 6.92 Å². The van der Waals surface area contributed by atoms with E-state index in [1.165, 1.54) is 17.3 Å².